The van der Waals surface area contributed by atoms with Gasteiger partial charge in [-0.3, -0.25) is 9.59 Å². The van der Waals surface area contributed by atoms with Gasteiger partial charge in [0.1, 0.15) is 11.5 Å². The molecule has 0 radical (unpaired) electrons. The maximum Gasteiger partial charge on any atom is 0.321 e. The van der Waals surface area contributed by atoms with Crippen LogP contribution in [0.4, 0.5) is 5.69 Å². The van der Waals surface area contributed by atoms with Gasteiger partial charge in [0.25, 0.3) is 5.91 Å². The summed E-state index contributed by atoms with van der Waals surface area (Å²) in [6.45, 7) is 5.79. The van der Waals surface area contributed by atoms with Gasteiger partial charge in [0, 0.05) is 42.6 Å². The molecular formula is C22H21N3O4. The van der Waals surface area contributed by atoms with E-state index in [2.05, 4.69) is 15.3 Å². The summed E-state index contributed by atoms with van der Waals surface area (Å²) in [5, 5.41) is 2.81. The fourth-order valence-electron chi connectivity index (χ4n) is 3.57. The number of anilines is 1. The number of nitrogens with one attached hydrogen (secondary N) is 1. The standard InChI is InChI=1S/C22H21N3O4/c1-13-18-16(26)11-22(2,3)12-17(18)29-19(13)20(27)25-14-6-4-7-15(10-14)28-21-23-8-5-9-24-21/h4-10H,11-12H2,1-3H3,(H,25,27). The van der Waals surface area contributed by atoms with Gasteiger partial charge >= 0.3 is 6.01 Å². The summed E-state index contributed by atoms with van der Waals surface area (Å²) in [5.41, 5.74) is 1.49. The molecule has 4 rings (SSSR count). The molecule has 3 aromatic rings. The summed E-state index contributed by atoms with van der Waals surface area (Å²) >= 11 is 0. The molecule has 2 heterocycles. The number of ether oxygens (including phenoxy) is 1. The second-order valence-electron chi connectivity index (χ2n) is 7.91. The fourth-order valence-corrected chi connectivity index (χ4v) is 3.57. The lowest BCUT2D eigenvalue weighted by molar-refractivity contribution is 0.0898. The highest BCUT2D eigenvalue weighted by Gasteiger charge is 2.37. The Labute approximate surface area is 168 Å². The fraction of sp³-hybridized carbons (Fsp3) is 0.273. The largest absolute Gasteiger partial charge is 0.455 e. The third kappa shape index (κ3) is 3.89. The Kier molecular flexibility index (Phi) is 4.66. The molecule has 0 atom stereocenters. The lowest BCUT2D eigenvalue weighted by atomic mass is 9.76. The number of hydrogen-bond acceptors (Lipinski definition) is 6. The van der Waals surface area contributed by atoms with Gasteiger partial charge in [-0.1, -0.05) is 19.9 Å². The first-order valence-corrected chi connectivity index (χ1v) is 9.34. The van der Waals surface area contributed by atoms with Crippen molar-refractivity contribution >= 4 is 17.4 Å². The van der Waals surface area contributed by atoms with Gasteiger partial charge in [-0.2, -0.15) is 0 Å². The second-order valence-corrected chi connectivity index (χ2v) is 7.91. The number of fused-ring (bicyclic) bond motifs is 1. The molecule has 0 fully saturated rings. The molecule has 1 N–H and O–H groups in total. The number of nitrogens with zero attached hydrogens (tertiary/aromatic N) is 2. The molecule has 148 valence electrons. The van der Waals surface area contributed by atoms with Crippen LogP contribution < -0.4 is 10.1 Å². The molecule has 0 saturated carbocycles. The number of ketones is 1. The molecule has 29 heavy (non-hydrogen) atoms. The van der Waals surface area contributed by atoms with Crippen molar-refractivity contribution in [3.63, 3.8) is 0 Å². The first-order chi connectivity index (χ1) is 13.8. The Morgan fingerprint density at radius 1 is 1.17 bits per heavy atom. The van der Waals surface area contributed by atoms with Crippen molar-refractivity contribution < 1.29 is 18.7 Å². The smallest absolute Gasteiger partial charge is 0.321 e. The van der Waals surface area contributed by atoms with E-state index in [1.807, 2.05) is 13.8 Å². The number of furan rings is 1. The Bertz CT molecular complexity index is 1090. The number of Topliss-reactive ketones (excluding diaryl/α,β-unsaturated/α-hetero) is 1. The molecule has 1 aromatic carbocycles. The highest BCUT2D eigenvalue weighted by atomic mass is 16.5. The van der Waals surface area contributed by atoms with E-state index in [9.17, 15) is 9.59 Å². The maximum absolute atomic E-state index is 12.8. The third-order valence-electron chi connectivity index (χ3n) is 4.83. The molecule has 1 amide bonds. The van der Waals surface area contributed by atoms with Crippen molar-refractivity contribution in [2.45, 2.75) is 33.6 Å². The number of aromatic nitrogens is 2. The molecule has 7 nitrogen and oxygen atoms in total. The zero-order valence-electron chi connectivity index (χ0n) is 16.5. The number of carbonyl (C=O) groups is 2. The zero-order chi connectivity index (χ0) is 20.6. The predicted octanol–water partition coefficient (Wildman–Crippen LogP) is 4.58. The van der Waals surface area contributed by atoms with Crippen molar-refractivity contribution in [1.29, 1.82) is 0 Å². The first-order valence-electron chi connectivity index (χ1n) is 9.34. The molecule has 7 heteroatoms. The van der Waals surface area contributed by atoms with Gasteiger partial charge in [0.15, 0.2) is 11.5 Å². The van der Waals surface area contributed by atoms with Crippen LogP contribution in [-0.4, -0.2) is 21.7 Å². The van der Waals surface area contributed by atoms with E-state index in [4.69, 9.17) is 9.15 Å². The van der Waals surface area contributed by atoms with E-state index in [0.717, 1.165) is 0 Å². The van der Waals surface area contributed by atoms with E-state index in [0.29, 0.717) is 41.2 Å². The minimum Gasteiger partial charge on any atom is -0.455 e. The molecule has 0 unspecified atom stereocenters. The lowest BCUT2D eigenvalue weighted by Crippen LogP contribution is -2.26. The van der Waals surface area contributed by atoms with Crippen LogP contribution in [0.3, 0.4) is 0 Å². The second kappa shape index (κ2) is 7.16. The topological polar surface area (TPSA) is 94.3 Å². The average Bonchev–Trinajstić information content (AvgIpc) is 2.98. The van der Waals surface area contributed by atoms with Gasteiger partial charge in [-0.05, 0) is 30.5 Å². The minimum absolute atomic E-state index is 0.0230. The van der Waals surface area contributed by atoms with Crippen molar-refractivity contribution in [3.05, 3.63) is 65.4 Å². The van der Waals surface area contributed by atoms with Crippen LogP contribution in [0.15, 0.2) is 47.1 Å². The average molecular weight is 391 g/mol. The minimum atomic E-state index is -0.407. The molecule has 0 saturated heterocycles. The number of benzene rings is 1. The summed E-state index contributed by atoms with van der Waals surface area (Å²) in [6, 6.07) is 8.81. The first kappa shape index (κ1) is 18.9. The normalized spacial score (nSPS) is 14.9. The van der Waals surface area contributed by atoms with Crippen molar-refractivity contribution in [3.8, 4) is 11.8 Å². The predicted molar refractivity (Wildman–Crippen MR) is 106 cm³/mol. The molecule has 0 aliphatic heterocycles. The van der Waals surface area contributed by atoms with Crippen molar-refractivity contribution in [2.75, 3.05) is 5.32 Å². The maximum atomic E-state index is 12.8. The van der Waals surface area contributed by atoms with Crippen LogP contribution in [0.1, 0.15) is 52.5 Å². The lowest BCUT2D eigenvalue weighted by Gasteiger charge is -2.27. The highest BCUT2D eigenvalue weighted by Crippen LogP contribution is 2.38. The number of amides is 1. The molecule has 0 bridgehead atoms. The Morgan fingerprint density at radius 2 is 1.93 bits per heavy atom. The van der Waals surface area contributed by atoms with Crippen LogP contribution in [0.25, 0.3) is 0 Å². The summed E-state index contributed by atoms with van der Waals surface area (Å²) in [4.78, 5) is 33.3. The van der Waals surface area contributed by atoms with Gasteiger partial charge in [-0.15, -0.1) is 0 Å². The van der Waals surface area contributed by atoms with Crippen molar-refractivity contribution in [1.82, 2.24) is 9.97 Å². The van der Waals surface area contributed by atoms with Crippen molar-refractivity contribution in [2.24, 2.45) is 5.41 Å². The van der Waals surface area contributed by atoms with Crippen LogP contribution in [0.2, 0.25) is 0 Å². The third-order valence-corrected chi connectivity index (χ3v) is 4.83. The van der Waals surface area contributed by atoms with Crippen LogP contribution in [0.5, 0.6) is 11.8 Å². The summed E-state index contributed by atoms with van der Waals surface area (Å²) in [6.07, 6.45) is 4.24. The zero-order valence-corrected chi connectivity index (χ0v) is 16.5. The molecule has 0 spiro atoms. The van der Waals surface area contributed by atoms with Gasteiger partial charge in [-0.25, -0.2) is 9.97 Å². The van der Waals surface area contributed by atoms with E-state index in [1.165, 1.54) is 0 Å². The number of rotatable bonds is 4. The molecule has 2 aromatic heterocycles. The van der Waals surface area contributed by atoms with Gasteiger partial charge < -0.3 is 14.5 Å². The number of carbonyl (C=O) groups excluding carboxylic acids is 2. The van der Waals surface area contributed by atoms with Crippen LogP contribution >= 0.6 is 0 Å². The van der Waals surface area contributed by atoms with E-state index in [1.54, 1.807) is 49.6 Å². The Balaban J connectivity index is 1.55. The molecular weight excluding hydrogens is 370 g/mol. The SMILES string of the molecule is Cc1c(C(=O)Nc2cccc(Oc3ncccn3)c2)oc2c1C(=O)CC(C)(C)C2. The quantitative estimate of drug-likeness (QED) is 0.700. The highest BCUT2D eigenvalue weighted by molar-refractivity contribution is 6.07. The number of hydrogen-bond donors (Lipinski definition) is 1. The Morgan fingerprint density at radius 3 is 2.69 bits per heavy atom. The molecule has 1 aliphatic rings. The van der Waals surface area contributed by atoms with Crippen LogP contribution in [-0.2, 0) is 6.42 Å². The monoisotopic (exact) mass is 391 g/mol. The van der Waals surface area contributed by atoms with E-state index < -0.39 is 5.91 Å². The van der Waals surface area contributed by atoms with E-state index >= 15 is 0 Å². The van der Waals surface area contributed by atoms with Crippen LogP contribution in [0, 0.1) is 12.3 Å². The Hall–Kier alpha value is -3.48. The van der Waals surface area contributed by atoms with Gasteiger partial charge in [0.05, 0.1) is 5.56 Å². The van der Waals surface area contributed by atoms with Gasteiger partial charge in [0.2, 0.25) is 0 Å². The summed E-state index contributed by atoms with van der Waals surface area (Å²) in [5.74, 6) is 0.859. The summed E-state index contributed by atoms with van der Waals surface area (Å²) < 4.78 is 11.4. The van der Waals surface area contributed by atoms with E-state index in [-0.39, 0.29) is 23.0 Å². The summed E-state index contributed by atoms with van der Waals surface area (Å²) in [7, 11) is 0. The molecule has 1 aliphatic carbocycles.